The second kappa shape index (κ2) is 15.5. The number of aryl methyl sites for hydroxylation is 1. The Bertz CT molecular complexity index is 1450. The molecule has 0 aromatic heterocycles. The van der Waals surface area contributed by atoms with Crippen LogP contribution in [0.1, 0.15) is 48.9 Å². The molecule has 4 aromatic rings. The number of carboxylic acid groups (broad SMARTS) is 1. The Balaban J connectivity index is 0.000000238. The molecule has 0 amide bonds. The minimum absolute atomic E-state index is 0.143. The number of anilines is 2. The summed E-state index contributed by atoms with van der Waals surface area (Å²) >= 11 is 5.95. The molecular formula is C36H40ClFN2O3. The van der Waals surface area contributed by atoms with Gasteiger partial charge in [0.15, 0.2) is 0 Å². The summed E-state index contributed by atoms with van der Waals surface area (Å²) in [6, 6.07) is 30.4. The Morgan fingerprint density at radius 3 is 2.00 bits per heavy atom. The van der Waals surface area contributed by atoms with Crippen molar-refractivity contribution in [1.29, 1.82) is 0 Å². The van der Waals surface area contributed by atoms with E-state index < -0.39 is 17.2 Å². The first-order valence-electron chi connectivity index (χ1n) is 14.3. The zero-order valence-electron chi connectivity index (χ0n) is 25.4. The highest BCUT2D eigenvalue weighted by atomic mass is 35.5. The molecule has 0 spiro atoms. The lowest BCUT2D eigenvalue weighted by atomic mass is 9.67. The molecule has 0 aliphatic carbocycles. The molecule has 43 heavy (non-hydrogen) atoms. The first-order chi connectivity index (χ1) is 20.5. The van der Waals surface area contributed by atoms with Crippen LogP contribution in [0.4, 0.5) is 15.8 Å². The van der Waals surface area contributed by atoms with Crippen LogP contribution in [0.2, 0.25) is 5.02 Å². The molecule has 0 aliphatic rings. The van der Waals surface area contributed by atoms with Crippen molar-refractivity contribution in [1.82, 2.24) is 4.90 Å². The van der Waals surface area contributed by atoms with Crippen molar-refractivity contribution in [2.24, 2.45) is 0 Å². The van der Waals surface area contributed by atoms with E-state index in [9.17, 15) is 14.0 Å². The molecule has 0 aliphatic heterocycles. The summed E-state index contributed by atoms with van der Waals surface area (Å²) in [7, 11) is 4.14. The van der Waals surface area contributed by atoms with Gasteiger partial charge in [0, 0.05) is 18.2 Å². The Hall–Kier alpha value is -4.00. The summed E-state index contributed by atoms with van der Waals surface area (Å²) in [6.07, 6.45) is 1.17. The Morgan fingerprint density at radius 2 is 1.51 bits per heavy atom. The fourth-order valence-electron chi connectivity index (χ4n) is 5.12. The van der Waals surface area contributed by atoms with Gasteiger partial charge < -0.3 is 15.3 Å². The van der Waals surface area contributed by atoms with E-state index >= 15 is 0 Å². The van der Waals surface area contributed by atoms with Gasteiger partial charge in [0.05, 0.1) is 22.5 Å². The van der Waals surface area contributed by atoms with Crippen molar-refractivity contribution in [2.45, 2.75) is 51.5 Å². The van der Waals surface area contributed by atoms with Gasteiger partial charge in [-0.1, -0.05) is 103 Å². The largest absolute Gasteiger partial charge is 0.481 e. The smallest absolute Gasteiger partial charge is 0.307 e. The molecule has 2 N–H and O–H groups in total. The van der Waals surface area contributed by atoms with E-state index in [0.29, 0.717) is 23.7 Å². The standard InChI is InChI=1S/C21H27NO.C15H13ClFNO2/c1-5-20(23)21(16-17(2)22(3)4,18-12-8-6-9-13-18)19-14-10-7-11-15-19;1-9-5-6-13(10(7-9)8-14(19)20)18-15-11(16)3-2-4-12(15)17/h6-15,17H,5,16H2,1-4H3;2-7,18H,8H2,1H3,(H,19,20). The van der Waals surface area contributed by atoms with E-state index in [-0.39, 0.29) is 22.9 Å². The molecule has 0 saturated carbocycles. The van der Waals surface area contributed by atoms with Gasteiger partial charge in [0.1, 0.15) is 11.6 Å². The minimum Gasteiger partial charge on any atom is -0.481 e. The van der Waals surface area contributed by atoms with Gasteiger partial charge in [0.25, 0.3) is 0 Å². The number of nitrogens with zero attached hydrogens (tertiary/aromatic N) is 1. The number of carbonyl (C=O) groups excluding carboxylic acids is 1. The van der Waals surface area contributed by atoms with Crippen molar-refractivity contribution >= 4 is 34.7 Å². The van der Waals surface area contributed by atoms with E-state index in [1.54, 1.807) is 18.2 Å². The highest BCUT2D eigenvalue weighted by molar-refractivity contribution is 6.33. The minimum atomic E-state index is -0.946. The summed E-state index contributed by atoms with van der Waals surface area (Å²) in [4.78, 5) is 26.2. The molecular weight excluding hydrogens is 563 g/mol. The number of carbonyl (C=O) groups is 2. The Kier molecular flexibility index (Phi) is 12.0. The van der Waals surface area contributed by atoms with Crippen molar-refractivity contribution in [2.75, 3.05) is 19.4 Å². The molecule has 0 radical (unpaired) electrons. The third-order valence-corrected chi connectivity index (χ3v) is 7.95. The zero-order chi connectivity index (χ0) is 31.6. The Morgan fingerprint density at radius 1 is 0.930 bits per heavy atom. The quantitative estimate of drug-likeness (QED) is 0.180. The highest BCUT2D eigenvalue weighted by Gasteiger charge is 2.41. The van der Waals surface area contributed by atoms with Crippen LogP contribution < -0.4 is 5.32 Å². The third kappa shape index (κ3) is 8.53. The van der Waals surface area contributed by atoms with E-state index in [1.807, 2.05) is 56.3 Å². The van der Waals surface area contributed by atoms with Crippen LogP contribution in [0, 0.1) is 12.7 Å². The molecule has 7 heteroatoms. The number of hydrogen-bond donors (Lipinski definition) is 2. The fourth-order valence-corrected chi connectivity index (χ4v) is 5.33. The molecule has 5 nitrogen and oxygen atoms in total. The lowest BCUT2D eigenvalue weighted by Crippen LogP contribution is -2.42. The first-order valence-corrected chi connectivity index (χ1v) is 14.7. The molecule has 4 aromatic carbocycles. The van der Waals surface area contributed by atoms with Crippen molar-refractivity contribution in [3.63, 3.8) is 0 Å². The summed E-state index contributed by atoms with van der Waals surface area (Å²) in [5, 5.41) is 12.0. The maximum absolute atomic E-state index is 13.7. The molecule has 226 valence electrons. The second-order valence-electron chi connectivity index (χ2n) is 10.9. The number of ketones is 1. The van der Waals surface area contributed by atoms with Gasteiger partial charge in [0.2, 0.25) is 0 Å². The number of halogens is 2. The summed E-state index contributed by atoms with van der Waals surface area (Å²) < 4.78 is 13.7. The lowest BCUT2D eigenvalue weighted by Gasteiger charge is -2.37. The number of carboxylic acids is 1. The normalized spacial score (nSPS) is 11.8. The molecule has 0 bridgehead atoms. The molecule has 1 unspecified atom stereocenters. The van der Waals surface area contributed by atoms with Gasteiger partial charge in [-0.15, -0.1) is 0 Å². The monoisotopic (exact) mass is 602 g/mol. The third-order valence-electron chi connectivity index (χ3n) is 7.64. The first kappa shape index (κ1) is 33.5. The molecule has 4 rings (SSSR count). The highest BCUT2D eigenvalue weighted by Crippen LogP contribution is 2.39. The topological polar surface area (TPSA) is 69.6 Å². The SMILES string of the molecule is CCC(=O)C(CC(C)N(C)C)(c1ccccc1)c1ccccc1.Cc1ccc(Nc2c(F)cccc2Cl)c(CC(=O)O)c1. The number of para-hydroxylation sites is 1. The maximum Gasteiger partial charge on any atom is 0.307 e. The van der Waals surface area contributed by atoms with Crippen LogP contribution in [0.25, 0.3) is 0 Å². The maximum atomic E-state index is 13.7. The fraction of sp³-hybridized carbons (Fsp3) is 0.278. The van der Waals surface area contributed by atoms with E-state index in [1.165, 1.54) is 12.1 Å². The van der Waals surface area contributed by atoms with Crippen LogP contribution in [0.3, 0.4) is 0 Å². The van der Waals surface area contributed by atoms with Gasteiger partial charge in [-0.2, -0.15) is 0 Å². The van der Waals surface area contributed by atoms with Crippen molar-refractivity contribution in [3.05, 3.63) is 130 Å². The van der Waals surface area contributed by atoms with Crippen LogP contribution in [0.15, 0.2) is 97.1 Å². The van der Waals surface area contributed by atoms with Gasteiger partial charge in [-0.3, -0.25) is 9.59 Å². The number of nitrogens with one attached hydrogen (secondary N) is 1. The van der Waals surface area contributed by atoms with Crippen LogP contribution in [-0.2, 0) is 21.4 Å². The van der Waals surface area contributed by atoms with Crippen molar-refractivity contribution in [3.8, 4) is 0 Å². The number of hydrogen-bond acceptors (Lipinski definition) is 4. The Labute approximate surface area is 259 Å². The number of rotatable bonds is 11. The van der Waals surface area contributed by atoms with Crippen LogP contribution in [-0.4, -0.2) is 41.9 Å². The van der Waals surface area contributed by atoms with Crippen LogP contribution in [0.5, 0.6) is 0 Å². The predicted octanol–water partition coefficient (Wildman–Crippen LogP) is 8.45. The van der Waals surface area contributed by atoms with E-state index in [0.717, 1.165) is 23.1 Å². The molecule has 0 fully saturated rings. The number of Topliss-reactive ketones (excluding diaryl/α,β-unsaturated/α-hetero) is 1. The molecule has 0 saturated heterocycles. The summed E-state index contributed by atoms with van der Waals surface area (Å²) in [6.45, 7) is 6.01. The average molecular weight is 603 g/mol. The summed E-state index contributed by atoms with van der Waals surface area (Å²) in [5.74, 6) is -1.15. The molecule has 1 atom stereocenters. The second-order valence-corrected chi connectivity index (χ2v) is 11.3. The van der Waals surface area contributed by atoms with E-state index in [4.69, 9.17) is 16.7 Å². The van der Waals surface area contributed by atoms with E-state index in [2.05, 4.69) is 55.5 Å². The van der Waals surface area contributed by atoms with Gasteiger partial charge in [-0.05, 0) is 69.3 Å². The summed E-state index contributed by atoms with van der Waals surface area (Å²) in [5.41, 5.74) is 3.79. The average Bonchev–Trinajstić information content (AvgIpc) is 2.99. The van der Waals surface area contributed by atoms with Crippen LogP contribution >= 0.6 is 11.6 Å². The number of aliphatic carboxylic acids is 1. The van der Waals surface area contributed by atoms with Gasteiger partial charge in [-0.25, -0.2) is 4.39 Å². The van der Waals surface area contributed by atoms with Gasteiger partial charge >= 0.3 is 5.97 Å². The molecule has 0 heterocycles. The number of benzene rings is 4. The lowest BCUT2D eigenvalue weighted by molar-refractivity contribution is -0.136. The van der Waals surface area contributed by atoms with Crippen molar-refractivity contribution < 1.29 is 19.1 Å². The predicted molar refractivity (Wildman–Crippen MR) is 174 cm³/mol. The zero-order valence-corrected chi connectivity index (χ0v) is 26.2.